The molecule has 70 heavy (non-hydrogen) atoms. The Labute approximate surface area is 395 Å². The summed E-state index contributed by atoms with van der Waals surface area (Å²) < 4.78 is 48.9. The number of hydrogen-bond donors (Lipinski definition) is 0. The molecule has 0 saturated heterocycles. The van der Waals surface area contributed by atoms with E-state index in [-0.39, 0.29) is 16.7 Å². The third kappa shape index (κ3) is 7.01. The minimum Gasteiger partial charge on any atom is -0.308 e. The Balaban J connectivity index is 1.23. The van der Waals surface area contributed by atoms with Crippen LogP contribution >= 0.6 is 0 Å². The lowest BCUT2D eigenvalue weighted by Gasteiger charge is -2.22. The van der Waals surface area contributed by atoms with Crippen LogP contribution < -0.4 is 0 Å². The largest absolute Gasteiger partial charge is 0.416 e. The molecule has 0 unspecified atom stereocenters. The monoisotopic (exact) mass is 914 g/mol. The van der Waals surface area contributed by atoms with Crippen molar-refractivity contribution in [3.8, 4) is 80.2 Å². The van der Waals surface area contributed by atoms with Gasteiger partial charge in [0.2, 0.25) is 0 Å². The molecule has 12 rings (SSSR count). The summed E-state index contributed by atoms with van der Waals surface area (Å²) in [6.45, 7) is 0. The third-order valence-corrected chi connectivity index (χ3v) is 12.2. The highest BCUT2D eigenvalue weighted by Gasteiger charge is 2.33. The Morgan fingerprint density at radius 3 is 0.986 bits per heavy atom. The molecule has 0 atom stereocenters. The first kappa shape index (κ1) is 41.4. The molecular formula is C55H29F3N12. The Kier molecular flexibility index (Phi) is 9.71. The smallest absolute Gasteiger partial charge is 0.308 e. The van der Waals surface area contributed by atoms with Crippen LogP contribution in [0.5, 0.6) is 0 Å². The van der Waals surface area contributed by atoms with Crippen LogP contribution in [0.2, 0.25) is 0 Å². The lowest BCUT2D eigenvalue weighted by Crippen LogP contribution is -2.08. The van der Waals surface area contributed by atoms with E-state index in [9.17, 15) is 10.5 Å². The van der Waals surface area contributed by atoms with Crippen molar-refractivity contribution in [2.75, 3.05) is 0 Å². The summed E-state index contributed by atoms with van der Waals surface area (Å²) in [4.78, 5) is 36.1. The van der Waals surface area contributed by atoms with Gasteiger partial charge < -0.3 is 9.13 Å². The van der Waals surface area contributed by atoms with Crippen molar-refractivity contribution in [3.63, 3.8) is 0 Å². The van der Waals surface area contributed by atoms with E-state index in [0.717, 1.165) is 55.9 Å². The summed E-state index contributed by atoms with van der Waals surface area (Å²) in [5.41, 5.74) is 5.74. The zero-order valence-corrected chi connectivity index (χ0v) is 36.2. The van der Waals surface area contributed by atoms with Gasteiger partial charge in [-0.25, -0.2) is 39.9 Å². The number of alkyl halides is 3. The van der Waals surface area contributed by atoms with Gasteiger partial charge in [0.05, 0.1) is 62.3 Å². The van der Waals surface area contributed by atoms with Crippen molar-refractivity contribution >= 4 is 43.6 Å². The van der Waals surface area contributed by atoms with Crippen molar-refractivity contribution in [2.24, 2.45) is 0 Å². The first-order chi connectivity index (χ1) is 34.2. The second kappa shape index (κ2) is 16.4. The molecule has 330 valence electrons. The molecule has 0 aliphatic rings. The van der Waals surface area contributed by atoms with Gasteiger partial charge in [-0.3, -0.25) is 0 Å². The van der Waals surface area contributed by atoms with Gasteiger partial charge in [0, 0.05) is 98.9 Å². The maximum Gasteiger partial charge on any atom is 0.416 e. The number of hydrogen-bond acceptors (Lipinski definition) is 10. The van der Waals surface area contributed by atoms with Gasteiger partial charge in [0.25, 0.3) is 0 Å². The molecule has 12 aromatic rings. The van der Waals surface area contributed by atoms with Gasteiger partial charge in [0.15, 0.2) is 23.3 Å². The molecule has 6 aromatic heterocycles. The maximum atomic E-state index is 15.0. The predicted octanol–water partition coefficient (Wildman–Crippen LogP) is 12.1. The highest BCUT2D eigenvalue weighted by Crippen LogP contribution is 2.46. The van der Waals surface area contributed by atoms with Crippen LogP contribution in [-0.2, 0) is 6.18 Å². The van der Waals surface area contributed by atoms with E-state index in [2.05, 4.69) is 45.9 Å². The molecule has 0 radical (unpaired) electrons. The van der Waals surface area contributed by atoms with Crippen molar-refractivity contribution < 1.29 is 13.2 Å². The fraction of sp³-hybridized carbons (Fsp3) is 0.0182. The summed E-state index contributed by atoms with van der Waals surface area (Å²) in [7, 11) is 0. The summed E-state index contributed by atoms with van der Waals surface area (Å²) in [5, 5.41) is 24.3. The molecule has 0 aliphatic heterocycles. The molecule has 0 saturated carbocycles. The molecule has 6 aromatic carbocycles. The van der Waals surface area contributed by atoms with Crippen molar-refractivity contribution in [2.45, 2.75) is 6.18 Å². The highest BCUT2D eigenvalue weighted by atomic mass is 19.4. The molecule has 12 nitrogen and oxygen atoms in total. The Bertz CT molecular complexity index is 3710. The quantitative estimate of drug-likeness (QED) is 0.150. The van der Waals surface area contributed by atoms with Gasteiger partial charge in [-0.2, -0.15) is 23.7 Å². The number of halogens is 3. The van der Waals surface area contributed by atoms with E-state index >= 15 is 13.2 Å². The highest BCUT2D eigenvalue weighted by molar-refractivity contribution is 6.14. The number of nitrogens with zero attached hydrogens (tertiary/aromatic N) is 12. The second-order valence-corrected chi connectivity index (χ2v) is 16.3. The zero-order valence-electron chi connectivity index (χ0n) is 36.2. The van der Waals surface area contributed by atoms with E-state index in [4.69, 9.17) is 0 Å². The normalized spacial score (nSPS) is 11.6. The van der Waals surface area contributed by atoms with Crippen LogP contribution in [0.3, 0.4) is 0 Å². The van der Waals surface area contributed by atoms with Gasteiger partial charge in [-0.05, 0) is 133 Å². The van der Waals surface area contributed by atoms with Crippen LogP contribution in [0.25, 0.3) is 112 Å². The topological polar surface area (TPSA) is 161 Å². The fourth-order valence-corrected chi connectivity index (χ4v) is 9.24. The standard InChI is InChI=1S/C55H29F3N12/c56-55(57,58)39-22-32(30-59)21-38(25-39)50-48(69-44-9-5-34(51-61-13-1-14-62-51)26-40(44)41-27-35(6-10-45(41)69)52-63-15-2-16-64-52)23-33(31-60)24-49(50)70-46-11-7-36(53-65-17-3-18-66-53)28-42(46)43-29-37(8-12-47(43)70)54-67-19-4-20-68-54/h1-29H. The van der Waals surface area contributed by atoms with Crippen molar-refractivity contribution in [1.82, 2.24) is 49.0 Å². The number of nitriles is 2. The van der Waals surface area contributed by atoms with Crippen molar-refractivity contribution in [3.05, 3.63) is 194 Å². The first-order valence-electron chi connectivity index (χ1n) is 21.7. The molecule has 0 aliphatic carbocycles. The van der Waals surface area contributed by atoms with Gasteiger partial charge >= 0.3 is 6.18 Å². The Morgan fingerprint density at radius 1 is 0.371 bits per heavy atom. The SMILES string of the molecule is N#Cc1cc(-c2c(-n3c4ccc(-c5ncccn5)cc4c4cc(-c5ncccn5)ccc43)cc(C#N)cc2-n2c3ccc(-c4ncccn4)cc3c3cc(-c4ncccn4)ccc32)cc(C(F)(F)F)c1. The van der Waals surface area contributed by atoms with Crippen LogP contribution in [0.15, 0.2) is 177 Å². The van der Waals surface area contributed by atoms with E-state index in [0.29, 0.717) is 62.3 Å². The van der Waals surface area contributed by atoms with E-state index < -0.39 is 11.7 Å². The number of fused-ring (bicyclic) bond motifs is 6. The summed E-state index contributed by atoms with van der Waals surface area (Å²) in [6.07, 6.45) is 8.47. The Morgan fingerprint density at radius 2 is 0.686 bits per heavy atom. The molecule has 0 N–H and O–H groups in total. The Hall–Kier alpha value is -9.99. The first-order valence-corrected chi connectivity index (χ1v) is 21.7. The van der Waals surface area contributed by atoms with Crippen LogP contribution in [-0.4, -0.2) is 49.0 Å². The van der Waals surface area contributed by atoms with Crippen molar-refractivity contribution in [1.29, 1.82) is 10.5 Å². The number of benzene rings is 6. The summed E-state index contributed by atoms with van der Waals surface area (Å²) >= 11 is 0. The van der Waals surface area contributed by atoms with Crippen LogP contribution in [0.1, 0.15) is 16.7 Å². The minimum absolute atomic E-state index is 0.0955. The molecule has 0 spiro atoms. The van der Waals surface area contributed by atoms with Crippen LogP contribution in [0, 0.1) is 22.7 Å². The fourth-order valence-electron chi connectivity index (χ4n) is 9.24. The van der Waals surface area contributed by atoms with E-state index in [1.165, 1.54) is 6.07 Å². The van der Waals surface area contributed by atoms with Gasteiger partial charge in [0.1, 0.15) is 0 Å². The van der Waals surface area contributed by atoms with Gasteiger partial charge in [-0.15, -0.1) is 0 Å². The second-order valence-electron chi connectivity index (χ2n) is 16.3. The number of aromatic nitrogens is 10. The zero-order chi connectivity index (χ0) is 47.5. The molecule has 6 heterocycles. The lowest BCUT2D eigenvalue weighted by molar-refractivity contribution is -0.137. The lowest BCUT2D eigenvalue weighted by atomic mass is 9.94. The average molecular weight is 915 g/mol. The summed E-state index contributed by atoms with van der Waals surface area (Å²) in [6, 6.07) is 41.1. The molecule has 0 fully saturated rings. The van der Waals surface area contributed by atoms with E-state index in [1.807, 2.05) is 88.0 Å². The maximum absolute atomic E-state index is 15.0. The molecule has 0 amide bonds. The molecule has 0 bridgehead atoms. The molecular weight excluding hydrogens is 886 g/mol. The predicted molar refractivity (Wildman–Crippen MR) is 259 cm³/mol. The average Bonchev–Trinajstić information content (AvgIpc) is 3.92. The summed E-state index contributed by atoms with van der Waals surface area (Å²) in [5.74, 6) is 1.97. The minimum atomic E-state index is -4.81. The third-order valence-electron chi connectivity index (χ3n) is 12.2. The number of rotatable bonds is 7. The van der Waals surface area contributed by atoms with Gasteiger partial charge in [-0.1, -0.05) is 0 Å². The van der Waals surface area contributed by atoms with Crippen LogP contribution in [0.4, 0.5) is 13.2 Å². The molecule has 15 heteroatoms. The van der Waals surface area contributed by atoms with E-state index in [1.54, 1.807) is 86.0 Å².